The molecule has 0 unspecified atom stereocenters. The number of ether oxygens (including phenoxy) is 1. The summed E-state index contributed by atoms with van der Waals surface area (Å²) in [5.41, 5.74) is 2.51. The molecule has 9 nitrogen and oxygen atoms in total. The summed E-state index contributed by atoms with van der Waals surface area (Å²) >= 11 is 0. The maximum absolute atomic E-state index is 11.0. The third-order valence-corrected chi connectivity index (χ3v) is 3.26. The van der Waals surface area contributed by atoms with Crippen LogP contribution in [-0.2, 0) is 4.74 Å². The number of nitro benzene ring substituents is 1. The van der Waals surface area contributed by atoms with Gasteiger partial charge in [0.1, 0.15) is 0 Å². The van der Waals surface area contributed by atoms with Crippen LogP contribution in [0, 0.1) is 34.1 Å². The van der Waals surface area contributed by atoms with Crippen LogP contribution in [0.4, 0.5) is 5.69 Å². The number of benzene rings is 2. The lowest BCUT2D eigenvalue weighted by Gasteiger charge is -1.93. The highest BCUT2D eigenvalue weighted by Crippen LogP contribution is 2.24. The molecular formula is C17H16N2O7. The molecule has 0 saturated carbocycles. The highest BCUT2D eigenvalue weighted by molar-refractivity contribution is 6.14. The number of non-ortho nitro benzene ring substituents is 1. The molecule has 0 aromatic heterocycles. The van der Waals surface area contributed by atoms with Crippen molar-refractivity contribution in [2.45, 2.75) is 13.8 Å². The number of hydrogen-bond acceptors (Lipinski definition) is 7. The topological polar surface area (TPSA) is 130 Å². The summed E-state index contributed by atoms with van der Waals surface area (Å²) in [6.07, 6.45) is 0. The second-order valence-electron chi connectivity index (χ2n) is 5.19. The molecule has 0 radical (unpaired) electrons. The molecule has 0 saturated heterocycles. The van der Waals surface area contributed by atoms with Crippen LogP contribution in [0.3, 0.4) is 0 Å². The third-order valence-electron chi connectivity index (χ3n) is 3.26. The van der Waals surface area contributed by atoms with Gasteiger partial charge in [0.15, 0.2) is 7.05 Å². The Hall–Kier alpha value is -3.62. The Morgan fingerprint density at radius 3 is 1.73 bits per heavy atom. The molecule has 1 aliphatic heterocycles. The van der Waals surface area contributed by atoms with E-state index in [1.165, 1.54) is 17.2 Å². The summed E-state index contributed by atoms with van der Waals surface area (Å²) in [7, 11) is 0.889. The second-order valence-corrected chi connectivity index (χ2v) is 5.19. The molecule has 2 aromatic rings. The van der Waals surface area contributed by atoms with Crippen molar-refractivity contribution in [1.29, 1.82) is 0 Å². The molecule has 0 spiro atoms. The van der Waals surface area contributed by atoms with Gasteiger partial charge in [-0.15, -0.1) is 0 Å². The van der Waals surface area contributed by atoms with Crippen LogP contribution in [0.15, 0.2) is 42.5 Å². The fourth-order valence-corrected chi connectivity index (χ4v) is 1.85. The Kier molecular flexibility index (Phi) is 7.08. The second kappa shape index (κ2) is 9.02. The maximum atomic E-state index is 11.0. The van der Waals surface area contributed by atoms with E-state index in [1.54, 1.807) is 0 Å². The normalized spacial score (nSPS) is 11.2. The predicted octanol–water partition coefficient (Wildman–Crippen LogP) is 3.10. The first-order valence-electron chi connectivity index (χ1n) is 7.28. The van der Waals surface area contributed by atoms with Gasteiger partial charge >= 0.3 is 11.9 Å². The fourth-order valence-electron chi connectivity index (χ4n) is 1.85. The van der Waals surface area contributed by atoms with Crippen molar-refractivity contribution in [1.82, 2.24) is 0 Å². The van der Waals surface area contributed by atoms with Crippen molar-refractivity contribution in [2.75, 3.05) is 7.05 Å². The van der Waals surface area contributed by atoms with E-state index in [1.807, 2.05) is 0 Å². The van der Waals surface area contributed by atoms with Gasteiger partial charge in [0.05, 0.1) is 16.1 Å². The number of carbonyl (C=O) groups is 2. The number of hydrogen-bond donors (Lipinski definition) is 0. The molecule has 1 heterocycles. The molecule has 0 fully saturated rings. The monoisotopic (exact) mass is 360 g/mol. The smallest absolute Gasteiger partial charge is 0.347 e. The van der Waals surface area contributed by atoms with Crippen molar-refractivity contribution < 1.29 is 24.2 Å². The van der Waals surface area contributed by atoms with Gasteiger partial charge in [-0.2, -0.15) is 0 Å². The van der Waals surface area contributed by atoms with Crippen LogP contribution in [-0.4, -0.2) is 28.8 Å². The van der Waals surface area contributed by atoms with E-state index in [4.69, 9.17) is 10.1 Å². The summed E-state index contributed by atoms with van der Waals surface area (Å²) in [6, 6.07) is 11.7. The third kappa shape index (κ3) is 5.78. The Labute approximate surface area is 148 Å². The number of esters is 2. The number of fused-ring (bicyclic) bond motifs is 1. The first-order chi connectivity index (χ1) is 12.1. The van der Waals surface area contributed by atoms with Crippen LogP contribution in [0.2, 0.25) is 0 Å². The average Bonchev–Trinajstić information content (AvgIpc) is 2.84. The van der Waals surface area contributed by atoms with Crippen molar-refractivity contribution in [2.24, 2.45) is 0 Å². The van der Waals surface area contributed by atoms with E-state index in [-0.39, 0.29) is 16.8 Å². The van der Waals surface area contributed by atoms with Crippen LogP contribution < -0.4 is 0 Å². The van der Waals surface area contributed by atoms with Crippen molar-refractivity contribution in [3.8, 4) is 0 Å². The van der Waals surface area contributed by atoms with Crippen molar-refractivity contribution in [3.05, 3.63) is 84.9 Å². The predicted molar refractivity (Wildman–Crippen MR) is 91.7 cm³/mol. The number of carbonyl (C=O) groups excluding carboxylic acids is 2. The van der Waals surface area contributed by atoms with Gasteiger partial charge in [-0.25, -0.2) is 9.59 Å². The highest BCUT2D eigenvalue weighted by Gasteiger charge is 2.31. The van der Waals surface area contributed by atoms with Gasteiger partial charge in [0.2, 0.25) is 0 Å². The van der Waals surface area contributed by atoms with Crippen molar-refractivity contribution in [3.63, 3.8) is 0 Å². The molecule has 2 aromatic carbocycles. The zero-order valence-electron chi connectivity index (χ0n) is 14.3. The van der Waals surface area contributed by atoms with Crippen LogP contribution in [0.25, 0.3) is 0 Å². The molecule has 0 amide bonds. The highest BCUT2D eigenvalue weighted by atomic mass is 16.6. The molecule has 0 atom stereocenters. The lowest BCUT2D eigenvalue weighted by molar-refractivity contribution is -0.445. The zero-order chi connectivity index (χ0) is 19.9. The molecule has 0 bridgehead atoms. The van der Waals surface area contributed by atoms with E-state index in [0.717, 1.165) is 19.2 Å². The first-order valence-corrected chi connectivity index (χ1v) is 7.28. The quantitative estimate of drug-likeness (QED) is 0.330. The minimum atomic E-state index is -0.839. The summed E-state index contributed by atoms with van der Waals surface area (Å²) in [6.45, 7) is 4.24. The fraction of sp³-hybridized carbons (Fsp3) is 0.176. The molecule has 9 heteroatoms. The Morgan fingerprint density at radius 1 is 0.846 bits per heavy atom. The molecule has 0 aliphatic carbocycles. The minimum Gasteiger partial charge on any atom is -0.386 e. The number of cyclic esters (lactones) is 2. The summed E-state index contributed by atoms with van der Waals surface area (Å²) in [5.74, 6) is -1.60. The van der Waals surface area contributed by atoms with Gasteiger partial charge in [0, 0.05) is 17.1 Å². The number of nitro groups is 2. The summed E-state index contributed by atoms with van der Waals surface area (Å²) < 4.78 is 4.27. The molecule has 136 valence electrons. The molecule has 0 N–H and O–H groups in total. The standard InChI is InChI=1S/C8H3NO5.C8H10.CH3NO2/c10-7-5-2-1-4(9(12)13)3-6(5)8(11)14-7;1-7-5-3-4-6-8(7)2;1-2(3)4/h1-3H;3-6H,1-2H3;1H3. The van der Waals surface area contributed by atoms with Crippen LogP contribution in [0.5, 0.6) is 0 Å². The van der Waals surface area contributed by atoms with E-state index >= 15 is 0 Å². The average molecular weight is 360 g/mol. The van der Waals surface area contributed by atoms with E-state index in [2.05, 4.69) is 42.8 Å². The Bertz CT molecular complexity index is 837. The molecule has 26 heavy (non-hydrogen) atoms. The zero-order valence-corrected chi connectivity index (χ0v) is 14.3. The number of rotatable bonds is 1. The Morgan fingerprint density at radius 2 is 1.31 bits per heavy atom. The molecule has 3 rings (SSSR count). The lowest BCUT2D eigenvalue weighted by Crippen LogP contribution is -1.97. The minimum absolute atomic E-state index is 0.0517. The van der Waals surface area contributed by atoms with Crippen LogP contribution >= 0.6 is 0 Å². The number of nitrogens with zero attached hydrogens (tertiary/aromatic N) is 2. The first kappa shape index (κ1) is 20.4. The van der Waals surface area contributed by atoms with E-state index in [0.29, 0.717) is 0 Å². The lowest BCUT2D eigenvalue weighted by atomic mass is 10.1. The largest absolute Gasteiger partial charge is 0.386 e. The van der Waals surface area contributed by atoms with Gasteiger partial charge in [-0.05, 0) is 31.0 Å². The Balaban J connectivity index is 0.000000238. The van der Waals surface area contributed by atoms with Crippen molar-refractivity contribution >= 4 is 17.6 Å². The van der Waals surface area contributed by atoms with E-state index < -0.39 is 21.8 Å². The van der Waals surface area contributed by atoms with Gasteiger partial charge in [-0.1, -0.05) is 24.3 Å². The van der Waals surface area contributed by atoms with Gasteiger partial charge in [0.25, 0.3) is 5.69 Å². The SMILES string of the molecule is C[N+](=O)[O-].Cc1ccccc1C.O=C1OC(=O)c2cc([N+](=O)[O-])ccc21. The van der Waals surface area contributed by atoms with Crippen LogP contribution in [0.1, 0.15) is 31.8 Å². The summed E-state index contributed by atoms with van der Waals surface area (Å²) in [4.78, 5) is 39.9. The molecular weight excluding hydrogens is 344 g/mol. The van der Waals surface area contributed by atoms with E-state index in [9.17, 15) is 19.7 Å². The number of aryl methyl sites for hydroxylation is 2. The van der Waals surface area contributed by atoms with Gasteiger partial charge < -0.3 is 4.74 Å². The molecule has 1 aliphatic rings. The summed E-state index contributed by atoms with van der Waals surface area (Å²) in [5, 5.41) is 19.2. The maximum Gasteiger partial charge on any atom is 0.347 e. The van der Waals surface area contributed by atoms with Gasteiger partial charge in [-0.3, -0.25) is 20.2 Å².